The van der Waals surface area contributed by atoms with Crippen LogP contribution in [-0.2, 0) is 20.8 Å². The second-order valence-corrected chi connectivity index (χ2v) is 6.46. The van der Waals surface area contributed by atoms with E-state index in [0.717, 1.165) is 0 Å². The van der Waals surface area contributed by atoms with Gasteiger partial charge in [0.25, 0.3) is 0 Å². The zero-order chi connectivity index (χ0) is 9.78. The maximum absolute atomic E-state index is 10.9. The van der Waals surface area contributed by atoms with Crippen LogP contribution in [-0.4, -0.2) is 36.4 Å². The van der Waals surface area contributed by atoms with Crippen LogP contribution in [0, 0.1) is 0 Å². The molecule has 74 valence electrons. The van der Waals surface area contributed by atoms with Gasteiger partial charge in [0.15, 0.2) is 0 Å². The molecule has 4 nitrogen and oxygen atoms in total. The fourth-order valence-corrected chi connectivity index (χ4v) is 1.60. The molecule has 0 aliphatic heterocycles. The van der Waals surface area contributed by atoms with Crippen LogP contribution in [0.25, 0.3) is 0 Å². The molecule has 6 heteroatoms. The highest BCUT2D eigenvalue weighted by Crippen LogP contribution is 1.91. The molecule has 0 aromatic heterocycles. The van der Waals surface area contributed by atoms with Crippen molar-refractivity contribution in [3.8, 4) is 0 Å². The lowest BCUT2D eigenvalue weighted by atomic mass is 10.5. The first-order valence-corrected chi connectivity index (χ1v) is 6.96. The summed E-state index contributed by atoms with van der Waals surface area (Å²) in [7, 11) is -4.11. The summed E-state index contributed by atoms with van der Waals surface area (Å²) in [4.78, 5) is 0. The Bertz CT molecular complexity index is 248. The van der Waals surface area contributed by atoms with Crippen LogP contribution in [0.4, 0.5) is 0 Å². The monoisotopic (exact) mass is 213 g/mol. The highest BCUT2D eigenvalue weighted by atomic mass is 32.2. The average molecular weight is 213 g/mol. The first-order valence-electron chi connectivity index (χ1n) is 3.68. The summed E-state index contributed by atoms with van der Waals surface area (Å²) in [5.74, 6) is 0.0655. The Morgan fingerprint density at radius 1 is 1.50 bits per heavy atom. The van der Waals surface area contributed by atoms with Crippen molar-refractivity contribution >= 4 is 20.8 Å². The van der Waals surface area contributed by atoms with E-state index in [9.17, 15) is 12.6 Å². The first kappa shape index (κ1) is 12.1. The van der Waals surface area contributed by atoms with Crippen LogP contribution >= 0.6 is 0 Å². The minimum absolute atomic E-state index is 0.0655. The number of nitrogens with one attached hydrogen (secondary N) is 1. The minimum Gasteiger partial charge on any atom is -0.260 e. The molecule has 0 fully saturated rings. The third kappa shape index (κ3) is 4.84. The van der Waals surface area contributed by atoms with Gasteiger partial charge in [0.2, 0.25) is 10.0 Å². The zero-order valence-corrected chi connectivity index (χ0v) is 9.17. The Labute approximate surface area is 76.2 Å². The van der Waals surface area contributed by atoms with Crippen LogP contribution in [0.2, 0.25) is 0 Å². The topological polar surface area (TPSA) is 63.2 Å². The Morgan fingerprint density at radius 2 is 2.00 bits per heavy atom. The highest BCUT2D eigenvalue weighted by molar-refractivity contribution is 7.89. The Hall–Kier alpha value is 0.0600. The molecular formula is C6H15NO3S2. The fourth-order valence-electron chi connectivity index (χ4n) is 0.464. The molecule has 12 heavy (non-hydrogen) atoms. The Balaban J connectivity index is 3.92. The molecule has 0 rings (SSSR count). The number of rotatable bonds is 5. The summed E-state index contributed by atoms with van der Waals surface area (Å²) in [6, 6.07) is 0. The number of hydrogen-bond donors (Lipinski definition) is 1. The van der Waals surface area contributed by atoms with Crippen molar-refractivity contribution in [3.63, 3.8) is 0 Å². The molecule has 0 aliphatic rings. The molecule has 0 aliphatic carbocycles. The second-order valence-electron chi connectivity index (χ2n) is 2.56. The van der Waals surface area contributed by atoms with Gasteiger partial charge < -0.3 is 0 Å². The standard InChI is InChI=1S/C6H15NO3S2/c1-4-12(9,10)7-5-6(2)11(3)8/h6-7H,4-5H2,1-3H3. The molecular weight excluding hydrogens is 198 g/mol. The van der Waals surface area contributed by atoms with Crippen LogP contribution in [0.5, 0.6) is 0 Å². The lowest BCUT2D eigenvalue weighted by Gasteiger charge is -2.08. The second kappa shape index (κ2) is 4.94. The normalized spacial score (nSPS) is 17.2. The Kier molecular flexibility index (Phi) is 4.96. The van der Waals surface area contributed by atoms with Gasteiger partial charge in [-0.25, -0.2) is 13.1 Å². The molecule has 0 spiro atoms. The van der Waals surface area contributed by atoms with E-state index < -0.39 is 20.8 Å². The molecule has 2 atom stereocenters. The molecule has 1 N–H and O–H groups in total. The van der Waals surface area contributed by atoms with Gasteiger partial charge in [0.1, 0.15) is 0 Å². The van der Waals surface area contributed by atoms with Crippen molar-refractivity contribution in [3.05, 3.63) is 0 Å². The molecule has 0 heterocycles. The summed E-state index contributed by atoms with van der Waals surface area (Å²) in [6.45, 7) is 3.56. The van der Waals surface area contributed by atoms with Crippen molar-refractivity contribution < 1.29 is 12.6 Å². The third-order valence-corrected chi connectivity index (χ3v) is 4.20. The smallest absolute Gasteiger partial charge is 0.211 e. The summed E-state index contributed by atoms with van der Waals surface area (Å²) in [5.41, 5.74) is 0. The molecule has 0 bridgehead atoms. The van der Waals surface area contributed by atoms with Crippen molar-refractivity contribution in [1.82, 2.24) is 4.72 Å². The summed E-state index contributed by atoms with van der Waals surface area (Å²) < 4.78 is 35.0. The van der Waals surface area contributed by atoms with Gasteiger partial charge in [0, 0.05) is 28.9 Å². The molecule has 2 unspecified atom stereocenters. The maximum atomic E-state index is 10.9. The van der Waals surface area contributed by atoms with Crippen molar-refractivity contribution in [1.29, 1.82) is 0 Å². The molecule has 0 saturated carbocycles. The maximum Gasteiger partial charge on any atom is 0.211 e. The van der Waals surface area contributed by atoms with E-state index in [2.05, 4.69) is 4.72 Å². The van der Waals surface area contributed by atoms with Gasteiger partial charge in [-0.15, -0.1) is 0 Å². The lowest BCUT2D eigenvalue weighted by Crippen LogP contribution is -2.33. The van der Waals surface area contributed by atoms with Crippen LogP contribution in [0.1, 0.15) is 13.8 Å². The molecule has 0 amide bonds. The largest absolute Gasteiger partial charge is 0.260 e. The van der Waals surface area contributed by atoms with E-state index >= 15 is 0 Å². The average Bonchev–Trinajstić information content (AvgIpc) is 2.00. The van der Waals surface area contributed by atoms with E-state index in [1.54, 1.807) is 20.1 Å². The Morgan fingerprint density at radius 3 is 2.33 bits per heavy atom. The SMILES string of the molecule is CCS(=O)(=O)NCC(C)S(C)=O. The predicted octanol–water partition coefficient (Wildman–Crippen LogP) is -0.307. The van der Waals surface area contributed by atoms with E-state index in [1.165, 1.54) is 0 Å². The van der Waals surface area contributed by atoms with Crippen molar-refractivity contribution in [2.75, 3.05) is 18.6 Å². The quantitative estimate of drug-likeness (QED) is 0.681. The zero-order valence-electron chi connectivity index (χ0n) is 7.53. The van der Waals surface area contributed by atoms with Gasteiger partial charge in [0.05, 0.1) is 5.75 Å². The van der Waals surface area contributed by atoms with Gasteiger partial charge in [-0.2, -0.15) is 0 Å². The fraction of sp³-hybridized carbons (Fsp3) is 1.00. The summed E-state index contributed by atoms with van der Waals surface area (Å²) in [5, 5.41) is -0.133. The summed E-state index contributed by atoms with van der Waals surface area (Å²) in [6.07, 6.45) is 1.56. The van der Waals surface area contributed by atoms with E-state index in [0.29, 0.717) is 0 Å². The van der Waals surface area contributed by atoms with E-state index in [1.807, 2.05) is 0 Å². The first-order chi connectivity index (χ1) is 5.39. The van der Waals surface area contributed by atoms with Crippen molar-refractivity contribution in [2.24, 2.45) is 0 Å². The summed E-state index contributed by atoms with van der Waals surface area (Å²) >= 11 is 0. The van der Waals surface area contributed by atoms with E-state index in [4.69, 9.17) is 0 Å². The van der Waals surface area contributed by atoms with Gasteiger partial charge in [-0.3, -0.25) is 4.21 Å². The lowest BCUT2D eigenvalue weighted by molar-refractivity contribution is 0.582. The van der Waals surface area contributed by atoms with Crippen LogP contribution in [0.3, 0.4) is 0 Å². The van der Waals surface area contributed by atoms with E-state index in [-0.39, 0.29) is 17.5 Å². The predicted molar refractivity (Wildman–Crippen MR) is 51.0 cm³/mol. The van der Waals surface area contributed by atoms with Gasteiger partial charge in [-0.1, -0.05) is 0 Å². The minimum atomic E-state index is -3.13. The highest BCUT2D eigenvalue weighted by Gasteiger charge is 2.10. The van der Waals surface area contributed by atoms with Crippen LogP contribution in [0.15, 0.2) is 0 Å². The third-order valence-electron chi connectivity index (χ3n) is 1.54. The van der Waals surface area contributed by atoms with Gasteiger partial charge >= 0.3 is 0 Å². The molecule has 0 saturated heterocycles. The molecule has 0 aromatic rings. The van der Waals surface area contributed by atoms with Gasteiger partial charge in [-0.05, 0) is 13.8 Å². The molecule has 0 aromatic carbocycles. The van der Waals surface area contributed by atoms with Crippen molar-refractivity contribution in [2.45, 2.75) is 19.1 Å². The molecule has 0 radical (unpaired) electrons. The van der Waals surface area contributed by atoms with Crippen LogP contribution < -0.4 is 4.72 Å². The number of sulfonamides is 1. The number of hydrogen-bond acceptors (Lipinski definition) is 3.